The Kier molecular flexibility index (Phi) is 4.91. The third kappa shape index (κ3) is 4.09. The minimum absolute atomic E-state index is 0.0823. The molecule has 1 aliphatic heterocycles. The molecule has 3 rings (SSSR count). The third-order valence-corrected chi connectivity index (χ3v) is 4.15. The van der Waals surface area contributed by atoms with E-state index in [1.54, 1.807) is 12.1 Å². The van der Waals surface area contributed by atoms with Crippen molar-refractivity contribution >= 4 is 17.3 Å². The van der Waals surface area contributed by atoms with E-state index < -0.39 is 0 Å². The fraction of sp³-hybridized carbons (Fsp3) is 0.316. The molecule has 0 aromatic heterocycles. The first-order chi connectivity index (χ1) is 11.2. The summed E-state index contributed by atoms with van der Waals surface area (Å²) in [6.45, 7) is 2.07. The number of rotatable bonds is 4. The molecule has 1 aliphatic rings. The smallest absolute Gasteiger partial charge is 0.228 e. The average Bonchev–Trinajstić information content (AvgIpc) is 2.58. The van der Waals surface area contributed by atoms with Crippen LogP contribution in [0.15, 0.2) is 48.5 Å². The van der Waals surface area contributed by atoms with Crippen LogP contribution in [0.4, 0.5) is 15.8 Å². The molecule has 1 fully saturated rings. The number of piperidine rings is 1. The number of benzene rings is 2. The van der Waals surface area contributed by atoms with Crippen molar-refractivity contribution in [3.8, 4) is 0 Å². The van der Waals surface area contributed by atoms with Gasteiger partial charge in [-0.15, -0.1) is 0 Å². The van der Waals surface area contributed by atoms with Crippen molar-refractivity contribution < 1.29 is 9.18 Å². The predicted octanol–water partition coefficient (Wildman–Crippen LogP) is 4.00. The monoisotopic (exact) mass is 312 g/mol. The summed E-state index contributed by atoms with van der Waals surface area (Å²) in [5.74, 6) is -0.370. The summed E-state index contributed by atoms with van der Waals surface area (Å²) >= 11 is 0. The predicted molar refractivity (Wildman–Crippen MR) is 91.2 cm³/mol. The van der Waals surface area contributed by atoms with Crippen LogP contribution in [0.25, 0.3) is 0 Å². The maximum atomic E-state index is 12.9. The van der Waals surface area contributed by atoms with Gasteiger partial charge in [0.25, 0.3) is 0 Å². The zero-order chi connectivity index (χ0) is 16.1. The first kappa shape index (κ1) is 15.5. The molecule has 0 radical (unpaired) electrons. The van der Waals surface area contributed by atoms with Gasteiger partial charge in [-0.2, -0.15) is 0 Å². The Labute approximate surface area is 136 Å². The lowest BCUT2D eigenvalue weighted by Crippen LogP contribution is -2.30. The van der Waals surface area contributed by atoms with Gasteiger partial charge in [-0.25, -0.2) is 4.39 Å². The Hall–Kier alpha value is -2.36. The van der Waals surface area contributed by atoms with Gasteiger partial charge < -0.3 is 10.2 Å². The maximum Gasteiger partial charge on any atom is 0.228 e. The Balaban J connectivity index is 1.69. The molecule has 1 saturated heterocycles. The van der Waals surface area contributed by atoms with Crippen molar-refractivity contribution in [2.24, 2.45) is 0 Å². The number of carbonyl (C=O) groups is 1. The van der Waals surface area contributed by atoms with Crippen molar-refractivity contribution in [2.45, 2.75) is 25.7 Å². The molecule has 1 amide bonds. The van der Waals surface area contributed by atoms with Crippen molar-refractivity contribution in [1.29, 1.82) is 0 Å². The normalized spacial score (nSPS) is 14.6. The van der Waals surface area contributed by atoms with Crippen molar-refractivity contribution in [3.63, 3.8) is 0 Å². The van der Waals surface area contributed by atoms with Crippen LogP contribution in [0.2, 0.25) is 0 Å². The first-order valence-electron chi connectivity index (χ1n) is 8.10. The van der Waals surface area contributed by atoms with Gasteiger partial charge in [0.2, 0.25) is 5.91 Å². The molecule has 2 aromatic rings. The van der Waals surface area contributed by atoms with Crippen LogP contribution in [0.5, 0.6) is 0 Å². The Bertz CT molecular complexity index is 663. The number of halogens is 1. The number of hydrogen-bond acceptors (Lipinski definition) is 2. The van der Waals surface area contributed by atoms with Gasteiger partial charge >= 0.3 is 0 Å². The number of anilines is 2. The Morgan fingerprint density at radius 2 is 1.70 bits per heavy atom. The summed E-state index contributed by atoms with van der Waals surface area (Å²) in [5.41, 5.74) is 2.74. The van der Waals surface area contributed by atoms with Gasteiger partial charge in [0.15, 0.2) is 0 Å². The van der Waals surface area contributed by atoms with Crippen LogP contribution in [0, 0.1) is 5.82 Å². The van der Waals surface area contributed by atoms with Gasteiger partial charge in [0.05, 0.1) is 17.8 Å². The highest BCUT2D eigenvalue weighted by Gasteiger charge is 2.15. The second kappa shape index (κ2) is 7.27. The van der Waals surface area contributed by atoms with Crippen LogP contribution in [0.1, 0.15) is 24.8 Å². The van der Waals surface area contributed by atoms with Gasteiger partial charge in [0, 0.05) is 13.1 Å². The molecule has 0 aliphatic carbocycles. The van der Waals surface area contributed by atoms with E-state index in [9.17, 15) is 9.18 Å². The molecule has 3 nitrogen and oxygen atoms in total. The fourth-order valence-corrected chi connectivity index (χ4v) is 2.97. The minimum Gasteiger partial charge on any atom is -0.370 e. The molecule has 0 atom stereocenters. The highest BCUT2D eigenvalue weighted by atomic mass is 19.1. The van der Waals surface area contributed by atoms with E-state index in [0.717, 1.165) is 30.0 Å². The van der Waals surface area contributed by atoms with E-state index in [1.165, 1.54) is 31.4 Å². The zero-order valence-corrected chi connectivity index (χ0v) is 13.1. The molecule has 4 heteroatoms. The molecular weight excluding hydrogens is 291 g/mol. The number of para-hydroxylation sites is 2. The molecule has 120 valence electrons. The number of nitrogens with zero attached hydrogens (tertiary/aromatic N) is 1. The summed E-state index contributed by atoms with van der Waals surface area (Å²) in [4.78, 5) is 14.6. The SMILES string of the molecule is O=C(Cc1ccc(F)cc1)Nc1ccccc1N1CCCCC1. The largest absolute Gasteiger partial charge is 0.370 e. The number of hydrogen-bond donors (Lipinski definition) is 1. The van der Waals surface area contributed by atoms with Gasteiger partial charge in [-0.05, 0) is 49.1 Å². The van der Waals surface area contributed by atoms with Gasteiger partial charge in [0.1, 0.15) is 5.82 Å². The topological polar surface area (TPSA) is 32.3 Å². The molecule has 0 unspecified atom stereocenters. The highest BCUT2D eigenvalue weighted by Crippen LogP contribution is 2.28. The first-order valence-corrected chi connectivity index (χ1v) is 8.10. The Morgan fingerprint density at radius 3 is 2.43 bits per heavy atom. The fourth-order valence-electron chi connectivity index (χ4n) is 2.97. The molecule has 23 heavy (non-hydrogen) atoms. The van der Waals surface area contributed by atoms with Gasteiger partial charge in [-0.3, -0.25) is 4.79 Å². The summed E-state index contributed by atoms with van der Waals surface area (Å²) in [7, 11) is 0. The summed E-state index contributed by atoms with van der Waals surface area (Å²) in [6.07, 6.45) is 3.90. The molecule has 1 heterocycles. The van der Waals surface area contributed by atoms with E-state index in [4.69, 9.17) is 0 Å². The van der Waals surface area contributed by atoms with E-state index >= 15 is 0 Å². The van der Waals surface area contributed by atoms with Crippen LogP contribution in [0.3, 0.4) is 0 Å². The summed E-state index contributed by atoms with van der Waals surface area (Å²) in [6, 6.07) is 14.0. The van der Waals surface area contributed by atoms with E-state index in [-0.39, 0.29) is 18.1 Å². The van der Waals surface area contributed by atoms with Crippen LogP contribution >= 0.6 is 0 Å². The molecule has 0 bridgehead atoms. The van der Waals surface area contributed by atoms with Gasteiger partial charge in [-0.1, -0.05) is 24.3 Å². The van der Waals surface area contributed by atoms with E-state index in [2.05, 4.69) is 16.3 Å². The molecular formula is C19H21FN2O. The quantitative estimate of drug-likeness (QED) is 0.925. The van der Waals surface area contributed by atoms with E-state index in [0.29, 0.717) is 0 Å². The van der Waals surface area contributed by atoms with Crippen molar-refractivity contribution in [3.05, 3.63) is 59.9 Å². The highest BCUT2D eigenvalue weighted by molar-refractivity contribution is 5.95. The number of amides is 1. The van der Waals surface area contributed by atoms with Crippen LogP contribution in [-0.4, -0.2) is 19.0 Å². The number of nitrogens with one attached hydrogen (secondary N) is 1. The lowest BCUT2D eigenvalue weighted by molar-refractivity contribution is -0.115. The average molecular weight is 312 g/mol. The standard InChI is InChI=1S/C19H21FN2O/c20-16-10-8-15(9-11-16)14-19(23)21-17-6-2-3-7-18(17)22-12-4-1-5-13-22/h2-3,6-11H,1,4-5,12-14H2,(H,21,23). The lowest BCUT2D eigenvalue weighted by atomic mass is 10.1. The number of carbonyl (C=O) groups excluding carboxylic acids is 1. The second-order valence-corrected chi connectivity index (χ2v) is 5.92. The van der Waals surface area contributed by atoms with Crippen LogP contribution < -0.4 is 10.2 Å². The molecule has 2 aromatic carbocycles. The van der Waals surface area contributed by atoms with E-state index in [1.807, 2.05) is 18.2 Å². The minimum atomic E-state index is -0.287. The molecule has 1 N–H and O–H groups in total. The Morgan fingerprint density at radius 1 is 1.00 bits per heavy atom. The molecule has 0 saturated carbocycles. The second-order valence-electron chi connectivity index (χ2n) is 5.92. The van der Waals surface area contributed by atoms with Crippen molar-refractivity contribution in [1.82, 2.24) is 0 Å². The molecule has 0 spiro atoms. The van der Waals surface area contributed by atoms with Crippen molar-refractivity contribution in [2.75, 3.05) is 23.3 Å². The van der Waals surface area contributed by atoms with Crippen LogP contribution in [-0.2, 0) is 11.2 Å². The summed E-state index contributed by atoms with van der Waals surface area (Å²) < 4.78 is 12.9. The maximum absolute atomic E-state index is 12.9. The zero-order valence-electron chi connectivity index (χ0n) is 13.1. The third-order valence-electron chi connectivity index (χ3n) is 4.15. The lowest BCUT2D eigenvalue weighted by Gasteiger charge is -2.30. The summed E-state index contributed by atoms with van der Waals surface area (Å²) in [5, 5.41) is 3.00.